The smallest absolute Gasteiger partial charge is 0.182 e. The first-order valence-corrected chi connectivity index (χ1v) is 8.77. The molecule has 1 aliphatic rings. The Balaban J connectivity index is 0.00000208. The van der Waals surface area contributed by atoms with Gasteiger partial charge >= 0.3 is 0 Å². The lowest BCUT2D eigenvalue weighted by atomic mass is 10.1. The Kier molecular flexibility index (Phi) is 7.06. The Bertz CT molecular complexity index is 701. The minimum atomic E-state index is 0. The fourth-order valence-corrected chi connectivity index (χ4v) is 3.37. The lowest BCUT2D eigenvalue weighted by molar-refractivity contribution is -0.0000126. The molecule has 0 unspecified atom stereocenters. The average molecular weight is 404 g/mol. The molecule has 1 heterocycles. The first-order valence-electron chi connectivity index (χ1n) is 7.78. The van der Waals surface area contributed by atoms with Crippen LogP contribution in [0, 0.1) is 6.92 Å². The number of benzene rings is 2. The largest absolute Gasteiger partial charge is 1.00 e. The Hall–Kier alpha value is -1.59. The van der Waals surface area contributed by atoms with E-state index in [-0.39, 0.29) is 22.8 Å². The van der Waals surface area contributed by atoms with Crippen LogP contribution in [0.25, 0.3) is 0 Å². The van der Waals surface area contributed by atoms with E-state index in [1.54, 1.807) is 11.8 Å². The van der Waals surface area contributed by atoms with Crippen LogP contribution in [0.1, 0.15) is 21.5 Å². The molecule has 3 nitrogen and oxygen atoms in total. The van der Waals surface area contributed by atoms with Crippen molar-refractivity contribution in [3.63, 3.8) is 0 Å². The SMILES string of the molecule is Cc1ccc(C(=O)CN(Cc2ccccc2)C2=NCCS2)cc1.[Br-]. The standard InChI is InChI=1S/C19H20N2OS.BrH/c1-15-7-9-17(10-8-15)18(22)14-21(19-20-11-12-23-19)13-16-5-3-2-4-6-16;/h2-10H,11-14H2,1H3;1H/p-1. The maximum Gasteiger partial charge on any atom is 0.182 e. The molecule has 0 fully saturated rings. The molecule has 1 aliphatic heterocycles. The molecule has 3 rings (SSSR count). The van der Waals surface area contributed by atoms with Gasteiger partial charge in [0.25, 0.3) is 0 Å². The van der Waals surface area contributed by atoms with Crippen molar-refractivity contribution in [2.24, 2.45) is 4.99 Å². The van der Waals surface area contributed by atoms with E-state index in [1.807, 2.05) is 49.4 Å². The second kappa shape index (κ2) is 9.04. The number of hydrogen-bond donors (Lipinski definition) is 0. The summed E-state index contributed by atoms with van der Waals surface area (Å²) in [6.07, 6.45) is 0. The second-order valence-corrected chi connectivity index (χ2v) is 6.71. The maximum atomic E-state index is 12.6. The topological polar surface area (TPSA) is 32.7 Å². The van der Waals surface area contributed by atoms with Gasteiger partial charge in [-0.05, 0) is 12.5 Å². The van der Waals surface area contributed by atoms with Crippen LogP contribution in [0.3, 0.4) is 0 Å². The number of Topliss-reactive ketones (excluding diaryl/α,β-unsaturated/α-hetero) is 1. The zero-order valence-corrected chi connectivity index (χ0v) is 16.0. The number of thioether (sulfide) groups is 1. The van der Waals surface area contributed by atoms with Crippen molar-refractivity contribution in [2.75, 3.05) is 18.8 Å². The van der Waals surface area contributed by atoms with E-state index in [9.17, 15) is 4.79 Å². The number of halogens is 1. The van der Waals surface area contributed by atoms with Gasteiger partial charge in [-0.1, -0.05) is 71.9 Å². The number of ketones is 1. The molecular weight excluding hydrogens is 384 g/mol. The summed E-state index contributed by atoms with van der Waals surface area (Å²) >= 11 is 1.73. The molecule has 0 saturated carbocycles. The van der Waals surface area contributed by atoms with Gasteiger partial charge in [0.05, 0.1) is 13.1 Å². The van der Waals surface area contributed by atoms with Gasteiger partial charge in [0.1, 0.15) is 0 Å². The summed E-state index contributed by atoms with van der Waals surface area (Å²) in [5, 5.41) is 0.981. The van der Waals surface area contributed by atoms with Crippen LogP contribution in [0.5, 0.6) is 0 Å². The zero-order valence-electron chi connectivity index (χ0n) is 13.6. The molecule has 0 saturated heterocycles. The molecule has 0 radical (unpaired) electrons. The van der Waals surface area contributed by atoms with E-state index >= 15 is 0 Å². The molecule has 2 aromatic rings. The van der Waals surface area contributed by atoms with Gasteiger partial charge < -0.3 is 21.9 Å². The molecule has 0 aromatic heterocycles. The van der Waals surface area contributed by atoms with Gasteiger partial charge in [0.15, 0.2) is 11.0 Å². The minimum absolute atomic E-state index is 0. The van der Waals surface area contributed by atoms with E-state index in [0.717, 1.165) is 23.0 Å². The molecule has 2 aromatic carbocycles. The van der Waals surface area contributed by atoms with Gasteiger partial charge in [-0.2, -0.15) is 0 Å². The van der Waals surface area contributed by atoms with Crippen molar-refractivity contribution in [1.29, 1.82) is 0 Å². The fourth-order valence-electron chi connectivity index (χ4n) is 2.51. The van der Waals surface area contributed by atoms with Crippen LogP contribution >= 0.6 is 11.8 Å². The van der Waals surface area contributed by atoms with Crippen molar-refractivity contribution in [2.45, 2.75) is 13.5 Å². The number of rotatable bonds is 5. The summed E-state index contributed by atoms with van der Waals surface area (Å²) in [7, 11) is 0. The summed E-state index contributed by atoms with van der Waals surface area (Å²) in [6, 6.07) is 18.0. The quantitative estimate of drug-likeness (QED) is 0.691. The number of hydrogen-bond acceptors (Lipinski definition) is 4. The van der Waals surface area contributed by atoms with Crippen LogP contribution in [0.15, 0.2) is 59.6 Å². The number of carbonyl (C=O) groups excluding carboxylic acids is 1. The van der Waals surface area contributed by atoms with E-state index in [4.69, 9.17) is 0 Å². The molecule has 126 valence electrons. The van der Waals surface area contributed by atoms with Crippen LogP contribution in [-0.4, -0.2) is 34.7 Å². The highest BCUT2D eigenvalue weighted by Crippen LogP contribution is 2.19. The summed E-state index contributed by atoms with van der Waals surface area (Å²) in [5.41, 5.74) is 3.12. The predicted molar refractivity (Wildman–Crippen MR) is 97.1 cm³/mol. The molecule has 5 heteroatoms. The predicted octanol–water partition coefficient (Wildman–Crippen LogP) is 0.787. The van der Waals surface area contributed by atoms with Crippen LogP contribution in [0.2, 0.25) is 0 Å². The number of amidine groups is 1. The van der Waals surface area contributed by atoms with Gasteiger partial charge in [0, 0.05) is 17.9 Å². The number of carbonyl (C=O) groups is 1. The number of aryl methyl sites for hydroxylation is 1. The Morgan fingerprint density at radius 2 is 1.83 bits per heavy atom. The van der Waals surface area contributed by atoms with Crippen molar-refractivity contribution in [3.8, 4) is 0 Å². The molecule has 0 spiro atoms. The van der Waals surface area contributed by atoms with Crippen molar-refractivity contribution in [1.82, 2.24) is 4.90 Å². The first kappa shape index (κ1) is 18.7. The highest BCUT2D eigenvalue weighted by Gasteiger charge is 2.19. The Morgan fingerprint density at radius 1 is 1.12 bits per heavy atom. The zero-order chi connectivity index (χ0) is 16.1. The molecule has 0 aliphatic carbocycles. The van der Waals surface area contributed by atoms with E-state index < -0.39 is 0 Å². The molecular formula is C19H20BrN2OS-. The fraction of sp³-hybridized carbons (Fsp3) is 0.263. The maximum absolute atomic E-state index is 12.6. The average Bonchev–Trinajstić information content (AvgIpc) is 3.10. The highest BCUT2D eigenvalue weighted by atomic mass is 79.9. The van der Waals surface area contributed by atoms with E-state index in [2.05, 4.69) is 22.0 Å². The third-order valence-corrected chi connectivity index (χ3v) is 4.80. The van der Waals surface area contributed by atoms with Crippen LogP contribution in [-0.2, 0) is 6.54 Å². The lowest BCUT2D eigenvalue weighted by Crippen LogP contribution is -3.00. The molecule has 0 amide bonds. The number of nitrogens with zero attached hydrogens (tertiary/aromatic N) is 2. The van der Waals surface area contributed by atoms with Crippen LogP contribution in [0.4, 0.5) is 0 Å². The van der Waals surface area contributed by atoms with Gasteiger partial charge in [-0.15, -0.1) is 0 Å². The molecule has 24 heavy (non-hydrogen) atoms. The van der Waals surface area contributed by atoms with Crippen molar-refractivity contribution in [3.05, 3.63) is 71.3 Å². The van der Waals surface area contributed by atoms with Gasteiger partial charge in [-0.25, -0.2) is 0 Å². The summed E-state index contributed by atoms with van der Waals surface area (Å²) in [4.78, 5) is 19.2. The molecule has 0 atom stereocenters. The third kappa shape index (κ3) is 4.95. The summed E-state index contributed by atoms with van der Waals surface area (Å²) in [6.45, 7) is 3.94. The van der Waals surface area contributed by atoms with Gasteiger partial charge in [0.2, 0.25) is 0 Å². The lowest BCUT2D eigenvalue weighted by Gasteiger charge is -2.23. The van der Waals surface area contributed by atoms with Gasteiger partial charge in [-0.3, -0.25) is 9.79 Å². The second-order valence-electron chi connectivity index (χ2n) is 5.64. The van der Waals surface area contributed by atoms with Crippen LogP contribution < -0.4 is 17.0 Å². The van der Waals surface area contributed by atoms with E-state index in [0.29, 0.717) is 13.1 Å². The Labute approximate surface area is 157 Å². The minimum Gasteiger partial charge on any atom is -1.00 e. The molecule has 0 N–H and O–H groups in total. The molecule has 0 bridgehead atoms. The first-order chi connectivity index (χ1) is 11.2. The summed E-state index contributed by atoms with van der Waals surface area (Å²) < 4.78 is 0. The van der Waals surface area contributed by atoms with Crippen molar-refractivity contribution < 1.29 is 21.8 Å². The highest BCUT2D eigenvalue weighted by molar-refractivity contribution is 8.14. The third-order valence-electron chi connectivity index (χ3n) is 3.76. The normalized spacial score (nSPS) is 13.1. The van der Waals surface area contributed by atoms with E-state index in [1.165, 1.54) is 11.1 Å². The number of aliphatic imine (C=N–C) groups is 1. The van der Waals surface area contributed by atoms with Crippen molar-refractivity contribution >= 4 is 22.7 Å². The summed E-state index contributed by atoms with van der Waals surface area (Å²) in [5.74, 6) is 1.13. The Morgan fingerprint density at radius 3 is 2.46 bits per heavy atom. The monoisotopic (exact) mass is 403 g/mol.